The average molecular weight is 1690 g/mol. The van der Waals surface area contributed by atoms with Gasteiger partial charge in [0.05, 0.1) is 36.3 Å². The van der Waals surface area contributed by atoms with Gasteiger partial charge in [0.2, 0.25) is 47.3 Å². The lowest BCUT2D eigenvalue weighted by Crippen LogP contribution is -2.57. The summed E-state index contributed by atoms with van der Waals surface area (Å²) < 4.78 is 0. The van der Waals surface area contributed by atoms with Gasteiger partial charge >= 0.3 is 5.97 Å². The Morgan fingerprint density at radius 1 is 0.450 bits per heavy atom. The summed E-state index contributed by atoms with van der Waals surface area (Å²) in [6.07, 6.45) is -4.38. The Morgan fingerprint density at radius 2 is 0.917 bits per heavy atom. The monoisotopic (exact) mass is 1690 g/mol. The number of aromatic hydroxyl groups is 1. The molecule has 1 heterocycles. The number of nitrogens with one attached hydrogen (secondary N) is 7. The molecule has 0 aliphatic carbocycles. The van der Waals surface area contributed by atoms with Crippen LogP contribution in [0, 0.1) is 53.3 Å². The van der Waals surface area contributed by atoms with E-state index >= 15 is 24.0 Å². The number of carbonyl (C=O) groups is 15. The minimum Gasteiger partial charge on any atom is -0.508 e. The Balaban J connectivity index is 2.00. The zero-order valence-corrected chi connectivity index (χ0v) is 71.1. The van der Waals surface area contributed by atoms with Crippen molar-refractivity contribution in [1.82, 2.24) is 37.2 Å². The highest BCUT2D eigenvalue weighted by Gasteiger charge is 2.41. The molecule has 0 unspecified atom stereocenters. The van der Waals surface area contributed by atoms with Crippen molar-refractivity contribution in [3.63, 3.8) is 0 Å². The molecule has 1 aliphatic heterocycles. The van der Waals surface area contributed by atoms with E-state index in [9.17, 15) is 58.2 Å². The summed E-state index contributed by atoms with van der Waals surface area (Å²) in [5.74, 6) is -21.9. The molecule has 8 amide bonds. The fraction of sp³-hybridized carbons (Fsp3) is 0.576. The molecule has 120 heavy (non-hydrogen) atoms. The molecule has 35 heteroatoms. The number of guanidine groups is 3. The standard InChI is InChI=1S/C85H127N17O17S/c1-9-50(7)60-44-68(105)56(37-54-27-29-58(103)30-28-54)41-72(109)76(51(8)10-2)102-78(115)57(36-48(3)4)42-70(107)63(38-52-20-13-11-14-21-52)96-74(111)47-120-46-66(67(104)31-32-73(86)110)101-80(117)62(26-19-35-95-85(91)92)98-81(118)64(39-53-22-15-12-16-23-53)100-79(116)59(49(5)6)43-71(108)61(25-18-34-94-84(89)90)97-82(119)65(45-75(112)113)99-77(114)55(40-69(60)106)24-17-33-93-83(87)88/h11-16,20-23,27-30,48-51,55-57,59-66,76,103H,9-10,17-19,24-26,31-47H2,1-8H3,(H2,86,110)(H,96,111)(H,97,119)(H,98,118)(H,99,114)(H,100,116)(H,101,117)(H,102,115)(H,112,113)(H4,87,88,93)(H4,89,90,94)(H4,91,92,95)/t50-,51-,55+,56+,57+,59-,60-,61-,62-,63-,64-,65-,66-,76-/m0/s1. The van der Waals surface area contributed by atoms with Gasteiger partial charge in [-0.3, -0.25) is 86.9 Å². The van der Waals surface area contributed by atoms with E-state index in [0.717, 1.165) is 11.8 Å². The predicted molar refractivity (Wildman–Crippen MR) is 457 cm³/mol. The lowest BCUT2D eigenvalue weighted by molar-refractivity contribution is -0.142. The van der Waals surface area contributed by atoms with Crippen LogP contribution in [0.15, 0.2) is 99.9 Å². The largest absolute Gasteiger partial charge is 0.508 e. The van der Waals surface area contributed by atoms with Gasteiger partial charge in [-0.15, -0.1) is 11.8 Å². The van der Waals surface area contributed by atoms with Crippen LogP contribution >= 0.6 is 11.8 Å². The normalized spacial score (nSPS) is 23.3. The summed E-state index contributed by atoms with van der Waals surface area (Å²) in [5.41, 5.74) is 41.1. The van der Waals surface area contributed by atoms with Gasteiger partial charge in [-0.2, -0.15) is 0 Å². The Hall–Kier alpha value is -11.1. The number of nitrogens with zero attached hydrogens (tertiary/aromatic N) is 3. The first-order chi connectivity index (χ1) is 56.8. The molecule has 0 aromatic heterocycles. The molecule has 14 atom stereocenters. The number of carboxylic acids is 1. The highest BCUT2D eigenvalue weighted by Crippen LogP contribution is 2.31. The van der Waals surface area contributed by atoms with Crippen LogP contribution in [0.2, 0.25) is 0 Å². The number of thioether (sulfide) groups is 1. The van der Waals surface area contributed by atoms with E-state index in [1.54, 1.807) is 107 Å². The summed E-state index contributed by atoms with van der Waals surface area (Å²) in [7, 11) is 0. The molecular formula is C85H127N17O17S. The summed E-state index contributed by atoms with van der Waals surface area (Å²) in [5, 5.41) is 39.8. The summed E-state index contributed by atoms with van der Waals surface area (Å²) in [6, 6.07) is 12.7. The molecule has 0 radical (unpaired) electrons. The van der Waals surface area contributed by atoms with Crippen LogP contribution in [0.25, 0.3) is 0 Å². The van der Waals surface area contributed by atoms with Gasteiger partial charge in [-0.25, -0.2) is 0 Å². The molecule has 3 aromatic carbocycles. The Kier molecular flexibility index (Phi) is 44.5. The van der Waals surface area contributed by atoms with Crippen molar-refractivity contribution >= 4 is 118 Å². The van der Waals surface area contributed by atoms with Crippen LogP contribution in [-0.4, -0.2) is 189 Å². The Labute approximate surface area is 706 Å². The molecule has 0 spiro atoms. The number of hydrogen-bond donors (Lipinski definition) is 16. The van der Waals surface area contributed by atoms with Crippen LogP contribution < -0.4 is 77.4 Å². The first-order valence-electron chi connectivity index (χ1n) is 41.2. The molecule has 23 N–H and O–H groups in total. The molecule has 1 saturated heterocycles. The number of rotatable bonds is 31. The number of aliphatic carboxylic acids is 1. The topological polar surface area (TPSA) is 600 Å². The maximum atomic E-state index is 15.3. The Morgan fingerprint density at radius 3 is 1.45 bits per heavy atom. The number of nitrogens with two attached hydrogens (primary N) is 7. The van der Waals surface area contributed by atoms with Gasteiger partial charge in [-0.1, -0.05) is 141 Å². The van der Waals surface area contributed by atoms with Crippen molar-refractivity contribution in [1.29, 1.82) is 0 Å². The van der Waals surface area contributed by atoms with Crippen molar-refractivity contribution in [2.45, 2.75) is 226 Å². The quantitative estimate of drug-likeness (QED) is 0.0250. The van der Waals surface area contributed by atoms with E-state index in [0.29, 0.717) is 29.5 Å². The van der Waals surface area contributed by atoms with E-state index < -0.39 is 235 Å². The van der Waals surface area contributed by atoms with Gasteiger partial charge < -0.3 is 87.6 Å². The molecule has 1 fully saturated rings. The lowest BCUT2D eigenvalue weighted by atomic mass is 9.76. The minimum atomic E-state index is -1.93. The molecule has 0 bridgehead atoms. The fourth-order valence-corrected chi connectivity index (χ4v) is 15.0. The summed E-state index contributed by atoms with van der Waals surface area (Å²) in [6.45, 7) is 13.9. The van der Waals surface area contributed by atoms with Crippen molar-refractivity contribution < 1.29 is 82.1 Å². The van der Waals surface area contributed by atoms with Crippen LogP contribution in [0.1, 0.15) is 181 Å². The second kappa shape index (κ2) is 52.7. The van der Waals surface area contributed by atoms with Crippen LogP contribution in [-0.2, 0) is 91.2 Å². The van der Waals surface area contributed by atoms with Crippen LogP contribution in [0.3, 0.4) is 0 Å². The molecule has 1 aliphatic rings. The lowest BCUT2D eigenvalue weighted by Gasteiger charge is -2.29. The van der Waals surface area contributed by atoms with E-state index in [-0.39, 0.29) is 119 Å². The maximum absolute atomic E-state index is 15.3. The molecule has 660 valence electrons. The number of phenols is 1. The predicted octanol–water partition coefficient (Wildman–Crippen LogP) is 2.70. The highest BCUT2D eigenvalue weighted by molar-refractivity contribution is 8.00. The third-order valence-corrected chi connectivity index (χ3v) is 22.3. The number of ketones is 6. The van der Waals surface area contributed by atoms with E-state index in [1.807, 2.05) is 20.8 Å². The molecule has 34 nitrogen and oxygen atoms in total. The number of carbonyl (C=O) groups excluding carboxylic acids is 14. The number of aliphatic imine (C=N–C) groups is 3. The molecule has 4 rings (SSSR count). The average Bonchev–Trinajstić information content (AvgIpc) is 0.836. The number of amides is 8. The number of benzene rings is 3. The van der Waals surface area contributed by atoms with Gasteiger partial charge in [0.1, 0.15) is 35.4 Å². The summed E-state index contributed by atoms with van der Waals surface area (Å²) in [4.78, 5) is 231. The highest BCUT2D eigenvalue weighted by atomic mass is 32.2. The van der Waals surface area contributed by atoms with Gasteiger partial charge in [0, 0.05) is 106 Å². The third kappa shape index (κ3) is 37.4. The van der Waals surface area contributed by atoms with Crippen molar-refractivity contribution in [3.8, 4) is 5.75 Å². The number of Topliss-reactive ketones (excluding diaryl/α,β-unsaturated/α-hetero) is 6. The number of carboxylic acid groups (broad SMARTS) is 1. The SMILES string of the molecule is CC[C@H](C)[C@@H]1CC(=O)[C@H](Cc2ccc(O)cc2)CC(=O)[C@H]([C@@H](C)CC)NC(=O)[C@H](CC(C)C)CC(=O)[C@H](Cc2ccccc2)NC(=O)CSC[C@@H](C(=O)CCC(N)=O)NC(=O)[C@H](CCCN=C(N)N)NC(=O)[C@H](Cc2ccccc2)NC(=O)[C@H](C(C)C)CC(=O)[C@H](CCCN=C(N)N)NC(=O)[C@H](CC(=O)O)NC(=O)[C@H](CCCN=C(N)N)CC1=O. The van der Waals surface area contributed by atoms with Crippen molar-refractivity contribution in [3.05, 3.63) is 102 Å². The van der Waals surface area contributed by atoms with E-state index in [4.69, 9.17) is 40.1 Å². The Bertz CT molecular complexity index is 4020. The smallest absolute Gasteiger partial charge is 0.305 e. The summed E-state index contributed by atoms with van der Waals surface area (Å²) >= 11 is 0.880. The van der Waals surface area contributed by atoms with Gasteiger partial charge in [0.15, 0.2) is 41.0 Å². The zero-order valence-electron chi connectivity index (χ0n) is 70.3. The third-order valence-electron chi connectivity index (χ3n) is 21.3. The molecule has 3 aromatic rings. The van der Waals surface area contributed by atoms with Crippen molar-refractivity contribution in [2.24, 2.45) is 108 Å². The number of primary amides is 1. The molecule has 0 saturated carbocycles. The van der Waals surface area contributed by atoms with E-state index in [1.165, 1.54) is 12.1 Å². The van der Waals surface area contributed by atoms with Crippen LogP contribution in [0.4, 0.5) is 0 Å². The van der Waals surface area contributed by atoms with Gasteiger partial charge in [-0.05, 0) is 110 Å². The molecular weight excluding hydrogens is 1560 g/mol. The van der Waals surface area contributed by atoms with Gasteiger partial charge in [0.25, 0.3) is 0 Å². The number of hydrogen-bond acceptors (Lipinski definition) is 20. The van der Waals surface area contributed by atoms with Crippen molar-refractivity contribution in [2.75, 3.05) is 31.1 Å². The fourth-order valence-electron chi connectivity index (χ4n) is 14.1. The maximum Gasteiger partial charge on any atom is 0.305 e. The second-order valence-electron chi connectivity index (χ2n) is 31.9. The van der Waals surface area contributed by atoms with E-state index in [2.05, 4.69) is 52.2 Å². The van der Waals surface area contributed by atoms with Crippen LogP contribution in [0.5, 0.6) is 5.75 Å². The second-order valence-corrected chi connectivity index (χ2v) is 32.9. The minimum absolute atomic E-state index is 0.0178. The zero-order chi connectivity index (χ0) is 89.3. The first-order valence-corrected chi connectivity index (χ1v) is 42.3. The first kappa shape index (κ1) is 101. The number of phenolic OH excluding ortho intramolecular Hbond substituents is 1.